The summed E-state index contributed by atoms with van der Waals surface area (Å²) in [7, 11) is 0. The minimum atomic E-state index is 0.170. The Morgan fingerprint density at radius 3 is 2.71 bits per heavy atom. The van der Waals surface area contributed by atoms with Gasteiger partial charge in [-0.2, -0.15) is 0 Å². The van der Waals surface area contributed by atoms with Crippen molar-refractivity contribution >= 4 is 11.3 Å². The van der Waals surface area contributed by atoms with Crippen molar-refractivity contribution < 1.29 is 0 Å². The predicted octanol–water partition coefficient (Wildman–Crippen LogP) is 2.94. The first-order valence-corrected chi connectivity index (χ1v) is 6.07. The molecule has 0 aliphatic heterocycles. The number of hydrogen-bond acceptors (Lipinski definition) is 3. The number of rotatable bonds is 4. The molecule has 0 aromatic carbocycles. The van der Waals surface area contributed by atoms with E-state index in [2.05, 4.69) is 38.0 Å². The fourth-order valence-corrected chi connectivity index (χ4v) is 2.33. The molecule has 0 aliphatic carbocycles. The third kappa shape index (κ3) is 3.07. The molecular weight excluding hydrogens is 192 g/mol. The molecule has 1 aromatic heterocycles. The molecule has 1 heterocycles. The summed E-state index contributed by atoms with van der Waals surface area (Å²) in [6.45, 7) is 10.9. The topological polar surface area (TPSA) is 24.9 Å². The van der Waals surface area contributed by atoms with Crippen LogP contribution in [0.15, 0.2) is 5.51 Å². The summed E-state index contributed by atoms with van der Waals surface area (Å²) in [6, 6.07) is 0. The molecule has 0 saturated carbocycles. The Kier molecular flexibility index (Phi) is 4.08. The van der Waals surface area contributed by atoms with Gasteiger partial charge in [0.25, 0.3) is 0 Å². The molecule has 1 rings (SSSR count). The average Bonchev–Trinajstić information content (AvgIpc) is 2.52. The van der Waals surface area contributed by atoms with Crippen molar-refractivity contribution in [3.63, 3.8) is 0 Å². The first-order valence-electron chi connectivity index (χ1n) is 5.19. The third-order valence-corrected chi connectivity index (χ3v) is 2.90. The highest BCUT2D eigenvalue weighted by Gasteiger charge is 2.20. The van der Waals surface area contributed by atoms with Gasteiger partial charge in [-0.1, -0.05) is 27.7 Å². The van der Waals surface area contributed by atoms with Gasteiger partial charge in [0.15, 0.2) is 0 Å². The smallest absolute Gasteiger partial charge is 0.0798 e. The van der Waals surface area contributed by atoms with Crippen molar-refractivity contribution in [3.05, 3.63) is 16.1 Å². The summed E-state index contributed by atoms with van der Waals surface area (Å²) in [6.07, 6.45) is 1.18. The number of nitrogens with zero attached hydrogens (tertiary/aromatic N) is 1. The van der Waals surface area contributed by atoms with Crippen LogP contribution in [-0.4, -0.2) is 11.5 Å². The second kappa shape index (κ2) is 4.89. The molecule has 0 radical (unpaired) electrons. The third-order valence-electron chi connectivity index (χ3n) is 2.06. The van der Waals surface area contributed by atoms with Crippen LogP contribution >= 0.6 is 11.3 Å². The number of aromatic nitrogens is 1. The monoisotopic (exact) mass is 212 g/mol. The Bertz CT molecular complexity index is 273. The van der Waals surface area contributed by atoms with E-state index < -0.39 is 0 Å². The normalized spacial score (nSPS) is 12.0. The lowest BCUT2D eigenvalue weighted by atomic mass is 9.91. The Labute approximate surface area is 90.8 Å². The largest absolute Gasteiger partial charge is 0.312 e. The quantitative estimate of drug-likeness (QED) is 0.776. The van der Waals surface area contributed by atoms with E-state index in [9.17, 15) is 0 Å². The lowest BCUT2D eigenvalue weighted by molar-refractivity contribution is 0.559. The zero-order valence-corrected chi connectivity index (χ0v) is 10.4. The summed E-state index contributed by atoms with van der Waals surface area (Å²) in [4.78, 5) is 5.83. The second-order valence-electron chi connectivity index (χ2n) is 4.55. The van der Waals surface area contributed by atoms with Gasteiger partial charge in [-0.3, -0.25) is 0 Å². The summed E-state index contributed by atoms with van der Waals surface area (Å²) < 4.78 is 0. The van der Waals surface area contributed by atoms with Crippen LogP contribution in [0.25, 0.3) is 0 Å². The van der Waals surface area contributed by atoms with Gasteiger partial charge in [0.1, 0.15) is 0 Å². The summed E-state index contributed by atoms with van der Waals surface area (Å²) in [5.74, 6) is 0. The van der Waals surface area contributed by atoms with Crippen LogP contribution in [0.5, 0.6) is 0 Å². The van der Waals surface area contributed by atoms with Crippen molar-refractivity contribution in [2.45, 2.75) is 46.1 Å². The lowest BCUT2D eigenvalue weighted by Gasteiger charge is -2.17. The molecule has 0 atom stereocenters. The van der Waals surface area contributed by atoms with E-state index in [1.807, 2.05) is 5.51 Å². The molecule has 0 spiro atoms. The molecule has 0 saturated heterocycles. The van der Waals surface area contributed by atoms with Crippen LogP contribution < -0.4 is 5.32 Å². The SMILES string of the molecule is CCCNCc1scnc1C(C)(C)C. The molecule has 1 N–H and O–H groups in total. The van der Waals surface area contributed by atoms with Gasteiger partial charge in [0, 0.05) is 16.8 Å². The molecule has 0 unspecified atom stereocenters. The Morgan fingerprint density at radius 2 is 2.14 bits per heavy atom. The van der Waals surface area contributed by atoms with Crippen LogP contribution in [0, 0.1) is 0 Å². The van der Waals surface area contributed by atoms with Gasteiger partial charge >= 0.3 is 0 Å². The van der Waals surface area contributed by atoms with Crippen molar-refractivity contribution in [3.8, 4) is 0 Å². The number of nitrogens with one attached hydrogen (secondary N) is 1. The molecule has 2 nitrogen and oxygen atoms in total. The number of hydrogen-bond donors (Lipinski definition) is 1. The van der Waals surface area contributed by atoms with Gasteiger partial charge in [-0.05, 0) is 13.0 Å². The van der Waals surface area contributed by atoms with E-state index in [0.29, 0.717) is 0 Å². The molecule has 80 valence electrons. The van der Waals surface area contributed by atoms with Crippen LogP contribution in [0.4, 0.5) is 0 Å². The highest BCUT2D eigenvalue weighted by Crippen LogP contribution is 2.26. The minimum absolute atomic E-state index is 0.170. The number of thiazole rings is 1. The molecule has 3 heteroatoms. The standard InChI is InChI=1S/C11H20N2S/c1-5-6-12-7-9-10(11(2,3)4)13-8-14-9/h8,12H,5-7H2,1-4H3. The highest BCUT2D eigenvalue weighted by atomic mass is 32.1. The van der Waals surface area contributed by atoms with Gasteiger partial charge in [-0.25, -0.2) is 4.98 Å². The summed E-state index contributed by atoms with van der Waals surface area (Å²) in [5.41, 5.74) is 3.36. The van der Waals surface area contributed by atoms with Crippen LogP contribution in [0.1, 0.15) is 44.7 Å². The molecule has 0 fully saturated rings. The highest BCUT2D eigenvalue weighted by molar-refractivity contribution is 7.09. The Hall–Kier alpha value is -0.410. The van der Waals surface area contributed by atoms with Gasteiger partial charge in [0.05, 0.1) is 11.2 Å². The maximum absolute atomic E-state index is 4.44. The molecular formula is C11H20N2S. The first-order chi connectivity index (χ1) is 6.55. The van der Waals surface area contributed by atoms with E-state index in [1.165, 1.54) is 17.0 Å². The van der Waals surface area contributed by atoms with E-state index in [-0.39, 0.29) is 5.41 Å². The van der Waals surface area contributed by atoms with E-state index >= 15 is 0 Å². The summed E-state index contributed by atoms with van der Waals surface area (Å²) >= 11 is 1.75. The zero-order valence-electron chi connectivity index (χ0n) is 9.55. The average molecular weight is 212 g/mol. The fourth-order valence-electron chi connectivity index (χ4n) is 1.39. The summed E-state index contributed by atoms with van der Waals surface area (Å²) in [5, 5.41) is 3.42. The van der Waals surface area contributed by atoms with Crippen LogP contribution in [-0.2, 0) is 12.0 Å². The fraction of sp³-hybridized carbons (Fsp3) is 0.727. The Balaban J connectivity index is 2.63. The van der Waals surface area contributed by atoms with E-state index in [4.69, 9.17) is 0 Å². The zero-order chi connectivity index (χ0) is 10.6. The minimum Gasteiger partial charge on any atom is -0.312 e. The van der Waals surface area contributed by atoms with Gasteiger partial charge < -0.3 is 5.32 Å². The lowest BCUT2D eigenvalue weighted by Crippen LogP contribution is -2.19. The van der Waals surface area contributed by atoms with E-state index in [0.717, 1.165) is 13.1 Å². The van der Waals surface area contributed by atoms with Crippen LogP contribution in [0.2, 0.25) is 0 Å². The maximum Gasteiger partial charge on any atom is 0.0798 e. The van der Waals surface area contributed by atoms with E-state index in [1.54, 1.807) is 11.3 Å². The molecule has 0 amide bonds. The van der Waals surface area contributed by atoms with Crippen molar-refractivity contribution in [1.29, 1.82) is 0 Å². The molecule has 0 bridgehead atoms. The van der Waals surface area contributed by atoms with Crippen molar-refractivity contribution in [1.82, 2.24) is 10.3 Å². The van der Waals surface area contributed by atoms with Crippen molar-refractivity contribution in [2.24, 2.45) is 0 Å². The predicted molar refractivity (Wildman–Crippen MR) is 62.8 cm³/mol. The van der Waals surface area contributed by atoms with Gasteiger partial charge in [0.2, 0.25) is 0 Å². The first kappa shape index (κ1) is 11.7. The molecule has 0 aliphatic rings. The van der Waals surface area contributed by atoms with Gasteiger partial charge in [-0.15, -0.1) is 11.3 Å². The maximum atomic E-state index is 4.44. The molecule has 14 heavy (non-hydrogen) atoms. The van der Waals surface area contributed by atoms with Crippen LogP contribution in [0.3, 0.4) is 0 Å². The Morgan fingerprint density at radius 1 is 1.43 bits per heavy atom. The molecule has 1 aromatic rings. The second-order valence-corrected chi connectivity index (χ2v) is 5.49. The van der Waals surface area contributed by atoms with Crippen molar-refractivity contribution in [2.75, 3.05) is 6.54 Å².